The number of unbranched alkanes of at least 4 members (excludes halogenated alkanes) is 12. The van der Waals surface area contributed by atoms with Crippen molar-refractivity contribution < 1.29 is 66.7 Å². The van der Waals surface area contributed by atoms with Crippen LogP contribution < -0.4 is 0 Å². The van der Waals surface area contributed by atoms with E-state index in [9.17, 15) is 33.8 Å². The second-order valence-corrected chi connectivity index (χ2v) is 18.2. The minimum atomic E-state index is -4.89. The Morgan fingerprint density at radius 1 is 0.516 bits per heavy atom. The van der Waals surface area contributed by atoms with E-state index in [4.69, 9.17) is 23.8 Å². The summed E-state index contributed by atoms with van der Waals surface area (Å²) >= 11 is 0. The van der Waals surface area contributed by atoms with Crippen LogP contribution >= 0.6 is 15.6 Å². The molecule has 0 bridgehead atoms. The minimum Gasteiger partial charge on any atom is -0.462 e. The highest BCUT2D eigenvalue weighted by atomic mass is 31.2. The molecule has 368 valence electrons. The molecule has 4 atom stereocenters. The second kappa shape index (κ2) is 42.9. The summed E-state index contributed by atoms with van der Waals surface area (Å²) in [5.41, 5.74) is 0. The van der Waals surface area contributed by atoms with Crippen molar-refractivity contribution in [2.24, 2.45) is 0 Å². The summed E-state index contributed by atoms with van der Waals surface area (Å²) in [7, 11) is -9.76. The van der Waals surface area contributed by atoms with E-state index in [0.29, 0.717) is 19.3 Å². The predicted octanol–water partition coefficient (Wildman–Crippen LogP) is 11.3. The zero-order chi connectivity index (χ0) is 47.4. The molecule has 0 aliphatic heterocycles. The van der Waals surface area contributed by atoms with Crippen molar-refractivity contribution in [2.75, 3.05) is 26.4 Å². The van der Waals surface area contributed by atoms with E-state index in [1.54, 1.807) is 12.2 Å². The molecule has 14 nitrogen and oxygen atoms in total. The molecule has 0 amide bonds. The molecule has 0 aromatic carbocycles. The van der Waals surface area contributed by atoms with Gasteiger partial charge in [-0.25, -0.2) is 9.13 Å². The SMILES string of the molecule is CCCCC/C=C\C/C=C\C/C=C\C/C=C\CCCCCC(=O)O[C@H](COC(=O)CCCC(O)/C=C/C=C/C/C=C/CCCCCCCC)COP(=O)(O)OC[C@@H](O)COP(=O)(O)O. The first-order valence-corrected chi connectivity index (χ1v) is 26.4. The monoisotopic (exact) mass is 945 g/mol. The third-order valence-corrected chi connectivity index (χ3v) is 10.8. The molecule has 0 rings (SSSR count). The number of aliphatic hydroxyl groups excluding tert-OH is 2. The summed E-state index contributed by atoms with van der Waals surface area (Å²) in [6, 6.07) is 0. The van der Waals surface area contributed by atoms with Crippen LogP contribution in [0.15, 0.2) is 85.1 Å². The largest absolute Gasteiger partial charge is 0.472 e. The van der Waals surface area contributed by atoms with E-state index in [2.05, 4.69) is 83.7 Å². The maximum absolute atomic E-state index is 12.7. The summed E-state index contributed by atoms with van der Waals surface area (Å²) in [5, 5.41) is 20.0. The zero-order valence-corrected chi connectivity index (χ0v) is 40.5. The van der Waals surface area contributed by atoms with Crippen molar-refractivity contribution in [2.45, 2.75) is 180 Å². The van der Waals surface area contributed by atoms with Crippen LogP contribution in [0.4, 0.5) is 0 Å². The number of carbonyl (C=O) groups excluding carboxylic acids is 2. The topological polar surface area (TPSA) is 216 Å². The fourth-order valence-electron chi connectivity index (χ4n) is 5.75. The molecular weight excluding hydrogens is 862 g/mol. The molecule has 64 heavy (non-hydrogen) atoms. The number of allylic oxidation sites excluding steroid dienone is 13. The van der Waals surface area contributed by atoms with Crippen LogP contribution in [0.2, 0.25) is 0 Å². The van der Waals surface area contributed by atoms with E-state index >= 15 is 0 Å². The molecular formula is C48H82O14P2. The van der Waals surface area contributed by atoms with Crippen molar-refractivity contribution in [3.8, 4) is 0 Å². The third-order valence-electron chi connectivity index (χ3n) is 9.35. The lowest BCUT2D eigenvalue weighted by Crippen LogP contribution is -2.30. The van der Waals surface area contributed by atoms with Crippen LogP contribution in [0, 0.1) is 0 Å². The number of rotatable bonds is 43. The molecule has 0 aromatic rings. The van der Waals surface area contributed by atoms with Crippen molar-refractivity contribution in [1.29, 1.82) is 0 Å². The summed E-state index contributed by atoms with van der Waals surface area (Å²) in [6.45, 7) is 1.47. The van der Waals surface area contributed by atoms with Gasteiger partial charge >= 0.3 is 27.6 Å². The lowest BCUT2D eigenvalue weighted by atomic mass is 10.1. The summed E-state index contributed by atoms with van der Waals surface area (Å²) in [6.07, 6.45) is 46.0. The van der Waals surface area contributed by atoms with Crippen molar-refractivity contribution in [3.63, 3.8) is 0 Å². The first kappa shape index (κ1) is 61.3. The molecule has 0 saturated carbocycles. The Kier molecular flexibility index (Phi) is 41.0. The average molecular weight is 945 g/mol. The summed E-state index contributed by atoms with van der Waals surface area (Å²) in [5.74, 6) is -1.27. The molecule has 0 heterocycles. The number of carbonyl (C=O) groups is 2. The fraction of sp³-hybridized carbons (Fsp3) is 0.667. The molecule has 0 saturated heterocycles. The Balaban J connectivity index is 4.73. The van der Waals surface area contributed by atoms with E-state index in [0.717, 1.165) is 57.8 Å². The third kappa shape index (κ3) is 45.8. The van der Waals surface area contributed by atoms with Gasteiger partial charge in [0.2, 0.25) is 0 Å². The highest BCUT2D eigenvalue weighted by molar-refractivity contribution is 7.47. The van der Waals surface area contributed by atoms with Crippen LogP contribution in [0.5, 0.6) is 0 Å². The minimum absolute atomic E-state index is 0.0404. The molecule has 0 radical (unpaired) electrons. The van der Waals surface area contributed by atoms with Crippen molar-refractivity contribution in [1.82, 2.24) is 0 Å². The quantitative estimate of drug-likeness (QED) is 0.0126. The number of hydrogen-bond donors (Lipinski definition) is 5. The molecule has 5 N–H and O–H groups in total. The lowest BCUT2D eigenvalue weighted by molar-refractivity contribution is -0.161. The number of phosphoric ester groups is 2. The zero-order valence-electron chi connectivity index (χ0n) is 38.7. The van der Waals surface area contributed by atoms with Gasteiger partial charge in [-0.2, -0.15) is 0 Å². The Morgan fingerprint density at radius 3 is 1.58 bits per heavy atom. The molecule has 0 aromatic heterocycles. The highest BCUT2D eigenvalue weighted by Crippen LogP contribution is 2.43. The normalized spacial score (nSPS) is 15.2. The fourth-order valence-corrected chi connectivity index (χ4v) is 6.91. The van der Waals surface area contributed by atoms with Gasteiger partial charge in [-0.05, 0) is 83.5 Å². The van der Waals surface area contributed by atoms with E-state index < -0.39 is 72.3 Å². The van der Waals surface area contributed by atoms with Gasteiger partial charge in [0.05, 0.1) is 25.9 Å². The van der Waals surface area contributed by atoms with Crippen LogP contribution in [0.3, 0.4) is 0 Å². The Labute approximate surface area is 384 Å². The summed E-state index contributed by atoms with van der Waals surface area (Å²) < 4.78 is 47.7. The van der Waals surface area contributed by atoms with E-state index in [-0.39, 0.29) is 12.8 Å². The predicted molar refractivity (Wildman–Crippen MR) is 254 cm³/mol. The maximum Gasteiger partial charge on any atom is 0.472 e. The van der Waals surface area contributed by atoms with Crippen LogP contribution in [0.25, 0.3) is 0 Å². The Bertz CT molecular complexity index is 1470. The van der Waals surface area contributed by atoms with E-state index in [1.807, 2.05) is 12.2 Å². The van der Waals surface area contributed by atoms with E-state index in [1.165, 1.54) is 57.8 Å². The van der Waals surface area contributed by atoms with Gasteiger partial charge in [0.1, 0.15) is 12.7 Å². The number of phosphoric acid groups is 2. The molecule has 0 spiro atoms. The van der Waals surface area contributed by atoms with Gasteiger partial charge in [-0.1, -0.05) is 150 Å². The second-order valence-electron chi connectivity index (χ2n) is 15.5. The standard InChI is InChI=1S/C48H82O14P2/c1-3-5-7-9-11-13-15-17-18-19-20-21-22-24-26-28-30-32-34-38-48(52)62-46(43-61-64(56,57)60-41-45(50)40-59-63(53,54)55)42-58-47(51)39-35-37-44(49)36-33-31-29-27-25-23-16-14-12-10-8-6-4-2/h11,13,17-18,20-21,23-26,29,31,33,36,44-46,49-50H,3-10,12,14-16,19,22,27-28,30,32,34-35,37-43H2,1-2H3,(H,56,57)(H2,53,54,55)/b13-11-,18-17-,21-20-,25-23+,26-24-,31-29+,36-33+/t44?,45-,46+/m0/s1. The molecule has 0 aliphatic carbocycles. The van der Waals surface area contributed by atoms with Gasteiger partial charge in [-0.15, -0.1) is 0 Å². The van der Waals surface area contributed by atoms with Gasteiger partial charge < -0.3 is 34.4 Å². The molecule has 0 fully saturated rings. The Hall–Kier alpha value is -2.74. The Morgan fingerprint density at radius 2 is 0.984 bits per heavy atom. The number of aliphatic hydroxyl groups is 2. The number of ether oxygens (including phenoxy) is 2. The van der Waals surface area contributed by atoms with Gasteiger partial charge in [0.15, 0.2) is 6.10 Å². The van der Waals surface area contributed by atoms with Crippen molar-refractivity contribution in [3.05, 3.63) is 85.1 Å². The average Bonchev–Trinajstić information content (AvgIpc) is 3.25. The van der Waals surface area contributed by atoms with Crippen LogP contribution in [0.1, 0.15) is 162 Å². The smallest absolute Gasteiger partial charge is 0.462 e. The summed E-state index contributed by atoms with van der Waals surface area (Å²) in [4.78, 5) is 52.8. The van der Waals surface area contributed by atoms with Gasteiger partial charge in [0.25, 0.3) is 0 Å². The first-order chi connectivity index (χ1) is 30.8. The molecule has 0 aliphatic rings. The van der Waals surface area contributed by atoms with Crippen molar-refractivity contribution >= 4 is 27.6 Å². The van der Waals surface area contributed by atoms with Gasteiger partial charge in [0, 0.05) is 12.8 Å². The lowest BCUT2D eigenvalue weighted by Gasteiger charge is -2.20. The van der Waals surface area contributed by atoms with Crippen LogP contribution in [-0.2, 0) is 41.8 Å². The number of esters is 2. The van der Waals surface area contributed by atoms with Crippen LogP contribution in [-0.4, -0.2) is 81.6 Å². The molecule has 16 heteroatoms. The first-order valence-electron chi connectivity index (χ1n) is 23.4. The number of hydrogen-bond acceptors (Lipinski definition) is 11. The maximum atomic E-state index is 12.7. The highest BCUT2D eigenvalue weighted by Gasteiger charge is 2.28. The van der Waals surface area contributed by atoms with Gasteiger partial charge in [-0.3, -0.25) is 23.2 Å². The molecule has 2 unspecified atom stereocenters.